The average Bonchev–Trinajstić information content (AvgIpc) is 2.68. The molecule has 0 aliphatic carbocycles. The zero-order valence-electron chi connectivity index (χ0n) is 16.9. The van der Waals surface area contributed by atoms with Crippen molar-refractivity contribution in [3.8, 4) is 0 Å². The SMILES string of the molecule is CCCS(=O)(=O)c1ccccc1C(=O)Nc1cc(C(=O)N(C)C(C)C)ccc1Cl. The maximum atomic E-state index is 12.8. The first-order valence-electron chi connectivity index (χ1n) is 9.28. The van der Waals surface area contributed by atoms with Gasteiger partial charge >= 0.3 is 0 Å². The van der Waals surface area contributed by atoms with E-state index < -0.39 is 15.7 Å². The zero-order valence-corrected chi connectivity index (χ0v) is 18.5. The van der Waals surface area contributed by atoms with Gasteiger partial charge in [0.25, 0.3) is 11.8 Å². The Morgan fingerprint density at radius 2 is 1.79 bits per heavy atom. The highest BCUT2D eigenvalue weighted by atomic mass is 35.5. The second kappa shape index (κ2) is 9.41. The molecule has 0 unspecified atom stereocenters. The molecule has 0 radical (unpaired) electrons. The maximum absolute atomic E-state index is 12.8. The molecular formula is C21H25ClN2O4S. The van der Waals surface area contributed by atoms with E-state index in [0.29, 0.717) is 12.0 Å². The Hall–Kier alpha value is -2.38. The molecule has 2 aromatic rings. The normalized spacial score (nSPS) is 11.4. The third-order valence-electron chi connectivity index (χ3n) is 4.50. The molecular weight excluding hydrogens is 412 g/mol. The van der Waals surface area contributed by atoms with Crippen LogP contribution in [-0.4, -0.2) is 44.0 Å². The summed E-state index contributed by atoms with van der Waals surface area (Å²) in [6.07, 6.45) is 0.442. The van der Waals surface area contributed by atoms with E-state index in [2.05, 4.69) is 5.32 Å². The third kappa shape index (κ3) is 5.36. The largest absolute Gasteiger partial charge is 0.339 e. The first kappa shape index (κ1) is 22.9. The number of amides is 2. The van der Waals surface area contributed by atoms with Crippen LogP contribution in [0.15, 0.2) is 47.4 Å². The van der Waals surface area contributed by atoms with E-state index in [1.807, 2.05) is 13.8 Å². The fourth-order valence-corrected chi connectivity index (χ4v) is 4.39. The van der Waals surface area contributed by atoms with Crippen molar-refractivity contribution in [2.45, 2.75) is 38.1 Å². The highest BCUT2D eigenvalue weighted by molar-refractivity contribution is 7.91. The van der Waals surface area contributed by atoms with Crippen molar-refractivity contribution in [1.29, 1.82) is 0 Å². The van der Waals surface area contributed by atoms with Crippen LogP contribution < -0.4 is 5.32 Å². The number of hydrogen-bond donors (Lipinski definition) is 1. The fraction of sp³-hybridized carbons (Fsp3) is 0.333. The van der Waals surface area contributed by atoms with E-state index in [4.69, 9.17) is 11.6 Å². The Kier molecular flexibility index (Phi) is 7.43. The third-order valence-corrected chi connectivity index (χ3v) is 6.80. The number of anilines is 1. The number of benzene rings is 2. The van der Waals surface area contributed by atoms with Crippen molar-refractivity contribution in [2.24, 2.45) is 0 Å². The van der Waals surface area contributed by atoms with Crippen molar-refractivity contribution >= 4 is 38.9 Å². The van der Waals surface area contributed by atoms with Gasteiger partial charge in [-0.1, -0.05) is 30.7 Å². The van der Waals surface area contributed by atoms with Crippen LogP contribution in [0.2, 0.25) is 5.02 Å². The molecule has 0 fully saturated rings. The van der Waals surface area contributed by atoms with Gasteiger partial charge in [0.15, 0.2) is 9.84 Å². The van der Waals surface area contributed by atoms with Gasteiger partial charge in [-0.05, 0) is 50.6 Å². The minimum atomic E-state index is -3.59. The zero-order chi connectivity index (χ0) is 21.8. The van der Waals surface area contributed by atoms with Gasteiger partial charge in [0.1, 0.15) is 0 Å². The van der Waals surface area contributed by atoms with Crippen LogP contribution in [0.5, 0.6) is 0 Å². The molecule has 8 heteroatoms. The lowest BCUT2D eigenvalue weighted by Crippen LogP contribution is -2.33. The second-order valence-electron chi connectivity index (χ2n) is 6.97. The lowest BCUT2D eigenvalue weighted by Gasteiger charge is -2.22. The Bertz CT molecular complexity index is 1020. The smallest absolute Gasteiger partial charge is 0.257 e. The van der Waals surface area contributed by atoms with E-state index in [1.165, 1.54) is 24.3 Å². The summed E-state index contributed by atoms with van der Waals surface area (Å²) in [5.74, 6) is -0.870. The molecule has 2 aromatic carbocycles. The van der Waals surface area contributed by atoms with Gasteiger partial charge in [-0.2, -0.15) is 0 Å². The highest BCUT2D eigenvalue weighted by Crippen LogP contribution is 2.26. The lowest BCUT2D eigenvalue weighted by atomic mass is 10.1. The Morgan fingerprint density at radius 3 is 2.41 bits per heavy atom. The number of nitrogens with one attached hydrogen (secondary N) is 1. The van der Waals surface area contributed by atoms with Crippen molar-refractivity contribution in [2.75, 3.05) is 18.1 Å². The number of nitrogens with zero attached hydrogens (tertiary/aromatic N) is 1. The Balaban J connectivity index is 2.38. The predicted octanol–water partition coefficient (Wildman–Crippen LogP) is 4.26. The molecule has 0 atom stereocenters. The van der Waals surface area contributed by atoms with Gasteiger partial charge in [-0.15, -0.1) is 0 Å². The van der Waals surface area contributed by atoms with E-state index in [-0.39, 0.29) is 38.9 Å². The summed E-state index contributed by atoms with van der Waals surface area (Å²) in [6.45, 7) is 5.55. The van der Waals surface area contributed by atoms with Crippen molar-refractivity contribution in [3.63, 3.8) is 0 Å². The van der Waals surface area contributed by atoms with Gasteiger partial charge < -0.3 is 10.2 Å². The average molecular weight is 437 g/mol. The Labute approximate surface area is 176 Å². The molecule has 0 bridgehead atoms. The molecule has 2 rings (SSSR count). The van der Waals surface area contributed by atoms with Gasteiger partial charge in [0.2, 0.25) is 0 Å². The molecule has 0 aliphatic rings. The quantitative estimate of drug-likeness (QED) is 0.702. The Morgan fingerprint density at radius 1 is 1.14 bits per heavy atom. The summed E-state index contributed by atoms with van der Waals surface area (Å²) in [6, 6.07) is 10.6. The predicted molar refractivity (Wildman–Crippen MR) is 115 cm³/mol. The maximum Gasteiger partial charge on any atom is 0.257 e. The van der Waals surface area contributed by atoms with E-state index in [1.54, 1.807) is 37.1 Å². The number of carbonyl (C=O) groups excluding carboxylic acids is 2. The van der Waals surface area contributed by atoms with Crippen molar-refractivity contribution < 1.29 is 18.0 Å². The second-order valence-corrected chi connectivity index (χ2v) is 9.46. The van der Waals surface area contributed by atoms with Crippen LogP contribution in [0.25, 0.3) is 0 Å². The number of rotatable bonds is 7. The molecule has 0 heterocycles. The molecule has 0 saturated carbocycles. The molecule has 0 aromatic heterocycles. The molecule has 0 aliphatic heterocycles. The van der Waals surface area contributed by atoms with Crippen LogP contribution in [0.4, 0.5) is 5.69 Å². The van der Waals surface area contributed by atoms with Crippen LogP contribution in [0.1, 0.15) is 47.9 Å². The van der Waals surface area contributed by atoms with E-state index >= 15 is 0 Å². The molecule has 1 N–H and O–H groups in total. The van der Waals surface area contributed by atoms with Crippen molar-refractivity contribution in [1.82, 2.24) is 4.90 Å². The summed E-state index contributed by atoms with van der Waals surface area (Å²) in [5.41, 5.74) is 0.642. The van der Waals surface area contributed by atoms with Crippen LogP contribution in [-0.2, 0) is 9.84 Å². The van der Waals surface area contributed by atoms with Crippen LogP contribution in [0, 0.1) is 0 Å². The standard InChI is InChI=1S/C21H25ClN2O4S/c1-5-12-29(27,28)19-9-7-6-8-16(19)20(25)23-18-13-15(10-11-17(18)22)21(26)24(4)14(2)3/h6-11,13-14H,5,12H2,1-4H3,(H,23,25). The number of sulfone groups is 1. The number of carbonyl (C=O) groups is 2. The molecule has 6 nitrogen and oxygen atoms in total. The molecule has 156 valence electrons. The fourth-order valence-electron chi connectivity index (χ4n) is 2.69. The summed E-state index contributed by atoms with van der Waals surface area (Å²) in [4.78, 5) is 26.9. The van der Waals surface area contributed by atoms with Crippen LogP contribution >= 0.6 is 11.6 Å². The summed E-state index contributed by atoms with van der Waals surface area (Å²) < 4.78 is 25.0. The van der Waals surface area contributed by atoms with Gasteiger partial charge in [0, 0.05) is 18.7 Å². The summed E-state index contributed by atoms with van der Waals surface area (Å²) >= 11 is 6.20. The van der Waals surface area contributed by atoms with Gasteiger partial charge in [-0.25, -0.2) is 8.42 Å². The molecule has 0 spiro atoms. The summed E-state index contributed by atoms with van der Waals surface area (Å²) in [5, 5.41) is 2.88. The first-order chi connectivity index (χ1) is 13.6. The van der Waals surface area contributed by atoms with Crippen LogP contribution in [0.3, 0.4) is 0 Å². The van der Waals surface area contributed by atoms with Gasteiger partial charge in [-0.3, -0.25) is 9.59 Å². The number of halogens is 1. The molecule has 2 amide bonds. The molecule has 0 saturated heterocycles. The first-order valence-corrected chi connectivity index (χ1v) is 11.3. The van der Waals surface area contributed by atoms with Crippen molar-refractivity contribution in [3.05, 3.63) is 58.6 Å². The topological polar surface area (TPSA) is 83.5 Å². The minimum absolute atomic E-state index is 0.00636. The highest BCUT2D eigenvalue weighted by Gasteiger charge is 2.22. The molecule has 29 heavy (non-hydrogen) atoms. The van der Waals surface area contributed by atoms with E-state index in [9.17, 15) is 18.0 Å². The summed E-state index contributed by atoms with van der Waals surface area (Å²) in [7, 11) is -1.90. The monoisotopic (exact) mass is 436 g/mol. The number of hydrogen-bond acceptors (Lipinski definition) is 4. The van der Waals surface area contributed by atoms with E-state index in [0.717, 1.165) is 0 Å². The lowest BCUT2D eigenvalue weighted by molar-refractivity contribution is 0.0754. The minimum Gasteiger partial charge on any atom is -0.339 e. The van der Waals surface area contributed by atoms with Gasteiger partial charge in [0.05, 0.1) is 26.9 Å².